The Balaban J connectivity index is 2.25. The quantitative estimate of drug-likeness (QED) is 0.657. The lowest BCUT2D eigenvalue weighted by Crippen LogP contribution is -2.13. The molecule has 1 aromatic carbocycles. The predicted molar refractivity (Wildman–Crippen MR) is 74.8 cm³/mol. The molecule has 1 heterocycles. The van der Waals surface area contributed by atoms with Gasteiger partial charge in [0.1, 0.15) is 11.5 Å². The van der Waals surface area contributed by atoms with Crippen molar-refractivity contribution in [3.8, 4) is 0 Å². The van der Waals surface area contributed by atoms with Crippen LogP contribution in [-0.4, -0.2) is 22.9 Å². The normalized spacial score (nSPS) is 9.85. The number of anilines is 2. The van der Waals surface area contributed by atoms with Crippen molar-refractivity contribution in [3.63, 3.8) is 0 Å². The van der Waals surface area contributed by atoms with Gasteiger partial charge in [0.2, 0.25) is 0 Å². The number of nitro groups is 1. The Bertz CT molecular complexity index is 643. The molecule has 1 amide bonds. The molecule has 20 heavy (non-hydrogen) atoms. The number of hydrogen-bond donors (Lipinski definition) is 2. The number of nitrogens with one attached hydrogen (secondary N) is 2. The smallest absolute Gasteiger partial charge is 0.292 e. The fourth-order valence-electron chi connectivity index (χ4n) is 1.66. The van der Waals surface area contributed by atoms with Gasteiger partial charge in [0.05, 0.1) is 4.92 Å². The molecule has 0 spiro atoms. The van der Waals surface area contributed by atoms with Crippen LogP contribution in [0.15, 0.2) is 42.6 Å². The highest BCUT2D eigenvalue weighted by Crippen LogP contribution is 2.25. The summed E-state index contributed by atoms with van der Waals surface area (Å²) in [5.74, 6) is 0.0389. The van der Waals surface area contributed by atoms with Crippen molar-refractivity contribution in [1.82, 2.24) is 4.98 Å². The maximum Gasteiger partial charge on any atom is 0.292 e. The summed E-state index contributed by atoms with van der Waals surface area (Å²) in [6, 6.07) is 9.26. The minimum Gasteiger partial charge on any atom is -0.383 e. The van der Waals surface area contributed by atoms with Gasteiger partial charge in [0.25, 0.3) is 11.6 Å². The largest absolute Gasteiger partial charge is 0.383 e. The summed E-state index contributed by atoms with van der Waals surface area (Å²) in [6.07, 6.45) is 1.56. The van der Waals surface area contributed by atoms with Gasteiger partial charge in [-0.2, -0.15) is 0 Å². The molecule has 7 heteroatoms. The lowest BCUT2D eigenvalue weighted by molar-refractivity contribution is -0.383. The second-order valence-electron chi connectivity index (χ2n) is 3.91. The summed E-state index contributed by atoms with van der Waals surface area (Å²) in [4.78, 5) is 26.3. The zero-order chi connectivity index (χ0) is 14.5. The van der Waals surface area contributed by atoms with Crippen molar-refractivity contribution in [2.45, 2.75) is 0 Å². The molecule has 0 aliphatic carbocycles. The molecule has 102 valence electrons. The van der Waals surface area contributed by atoms with Gasteiger partial charge < -0.3 is 10.6 Å². The van der Waals surface area contributed by atoms with E-state index < -0.39 is 4.92 Å². The van der Waals surface area contributed by atoms with Crippen LogP contribution in [0.1, 0.15) is 10.4 Å². The highest BCUT2D eigenvalue weighted by molar-refractivity contribution is 6.04. The van der Waals surface area contributed by atoms with Gasteiger partial charge >= 0.3 is 0 Å². The molecule has 0 radical (unpaired) electrons. The molecule has 0 aliphatic heterocycles. The van der Waals surface area contributed by atoms with E-state index in [0.29, 0.717) is 11.4 Å². The summed E-state index contributed by atoms with van der Waals surface area (Å²) >= 11 is 0. The number of nitro benzene ring substituents is 1. The molecule has 7 nitrogen and oxygen atoms in total. The zero-order valence-corrected chi connectivity index (χ0v) is 10.7. The molecular formula is C13H12N4O3. The molecule has 2 rings (SSSR count). The van der Waals surface area contributed by atoms with Crippen molar-refractivity contribution in [2.24, 2.45) is 0 Å². The first-order chi connectivity index (χ1) is 9.61. The van der Waals surface area contributed by atoms with E-state index in [1.807, 2.05) is 0 Å². The number of carbonyl (C=O) groups is 1. The van der Waals surface area contributed by atoms with Gasteiger partial charge in [0, 0.05) is 24.9 Å². The van der Waals surface area contributed by atoms with Crippen LogP contribution in [0.25, 0.3) is 0 Å². The van der Waals surface area contributed by atoms with Crippen molar-refractivity contribution >= 4 is 23.1 Å². The minimum absolute atomic E-state index is 0.0816. The first kappa shape index (κ1) is 13.5. The first-order valence-corrected chi connectivity index (χ1v) is 5.80. The van der Waals surface area contributed by atoms with E-state index in [1.165, 1.54) is 18.2 Å². The zero-order valence-electron chi connectivity index (χ0n) is 10.7. The van der Waals surface area contributed by atoms with Crippen molar-refractivity contribution < 1.29 is 9.72 Å². The number of hydrogen-bond acceptors (Lipinski definition) is 5. The van der Waals surface area contributed by atoms with Crippen molar-refractivity contribution in [2.75, 3.05) is 17.7 Å². The number of pyridine rings is 1. The van der Waals surface area contributed by atoms with Crippen LogP contribution in [0.2, 0.25) is 0 Å². The molecule has 0 bridgehead atoms. The summed E-state index contributed by atoms with van der Waals surface area (Å²) in [7, 11) is 1.56. The molecule has 0 aliphatic rings. The third-order valence-corrected chi connectivity index (χ3v) is 2.63. The monoisotopic (exact) mass is 272 g/mol. The Hall–Kier alpha value is -2.96. The van der Waals surface area contributed by atoms with Gasteiger partial charge in [-0.15, -0.1) is 0 Å². The lowest BCUT2D eigenvalue weighted by Gasteiger charge is -2.06. The molecule has 2 N–H and O–H groups in total. The average molecular weight is 272 g/mol. The second-order valence-corrected chi connectivity index (χ2v) is 3.91. The molecule has 0 unspecified atom stereocenters. The van der Waals surface area contributed by atoms with Gasteiger partial charge in [-0.3, -0.25) is 14.9 Å². The first-order valence-electron chi connectivity index (χ1n) is 5.80. The molecule has 0 saturated carbocycles. The number of amides is 1. The Morgan fingerprint density at radius 1 is 1.30 bits per heavy atom. The Morgan fingerprint density at radius 3 is 2.70 bits per heavy atom. The second kappa shape index (κ2) is 5.79. The summed E-state index contributed by atoms with van der Waals surface area (Å²) in [5.41, 5.74) is 0.510. The number of rotatable bonds is 4. The van der Waals surface area contributed by atoms with E-state index in [2.05, 4.69) is 15.6 Å². The van der Waals surface area contributed by atoms with Crippen molar-refractivity contribution in [3.05, 3.63) is 58.3 Å². The average Bonchev–Trinajstić information content (AvgIpc) is 2.47. The van der Waals surface area contributed by atoms with Crippen LogP contribution >= 0.6 is 0 Å². The number of nitrogens with zero attached hydrogens (tertiary/aromatic N) is 2. The fourth-order valence-corrected chi connectivity index (χ4v) is 1.66. The van der Waals surface area contributed by atoms with Crippen LogP contribution < -0.4 is 10.6 Å². The van der Waals surface area contributed by atoms with E-state index >= 15 is 0 Å². The maximum absolute atomic E-state index is 12.0. The molecule has 2 aromatic rings. The molecular weight excluding hydrogens is 260 g/mol. The third-order valence-electron chi connectivity index (χ3n) is 2.63. The van der Waals surface area contributed by atoms with Crippen LogP contribution in [-0.2, 0) is 0 Å². The van der Waals surface area contributed by atoms with Crippen LogP contribution in [0, 0.1) is 10.1 Å². The topological polar surface area (TPSA) is 97.2 Å². The Morgan fingerprint density at radius 2 is 2.10 bits per heavy atom. The third kappa shape index (κ3) is 2.89. The van der Waals surface area contributed by atoms with E-state index in [9.17, 15) is 14.9 Å². The van der Waals surface area contributed by atoms with Crippen LogP contribution in [0.5, 0.6) is 0 Å². The van der Waals surface area contributed by atoms with Gasteiger partial charge in [-0.05, 0) is 24.3 Å². The van der Waals surface area contributed by atoms with E-state index in [0.717, 1.165) is 0 Å². The van der Waals surface area contributed by atoms with Gasteiger partial charge in [0.15, 0.2) is 0 Å². The predicted octanol–water partition coefficient (Wildman–Crippen LogP) is 2.28. The summed E-state index contributed by atoms with van der Waals surface area (Å²) in [6.45, 7) is 0. The van der Waals surface area contributed by atoms with Gasteiger partial charge in [-0.1, -0.05) is 6.07 Å². The van der Waals surface area contributed by atoms with Crippen LogP contribution in [0.3, 0.4) is 0 Å². The highest BCUT2D eigenvalue weighted by Gasteiger charge is 2.16. The Labute approximate surface area is 114 Å². The molecule has 1 aromatic heterocycles. The molecule has 0 atom stereocenters. The highest BCUT2D eigenvalue weighted by atomic mass is 16.6. The van der Waals surface area contributed by atoms with Crippen molar-refractivity contribution in [1.29, 1.82) is 0 Å². The van der Waals surface area contributed by atoms with Gasteiger partial charge in [-0.25, -0.2) is 4.98 Å². The van der Waals surface area contributed by atoms with E-state index in [4.69, 9.17) is 0 Å². The van der Waals surface area contributed by atoms with E-state index in [-0.39, 0.29) is 17.3 Å². The summed E-state index contributed by atoms with van der Waals surface area (Å²) < 4.78 is 0. The standard InChI is InChI=1S/C13H12N4O3/c1-14-10-8-9(5-6-11(10)17(19)20)13(18)16-12-4-2-3-7-15-12/h2-8,14H,1H3,(H,15,16,18). The SMILES string of the molecule is CNc1cc(C(=O)Nc2ccccn2)ccc1[N+](=O)[O-]. The summed E-state index contributed by atoms with van der Waals surface area (Å²) in [5, 5.41) is 16.1. The number of carbonyl (C=O) groups excluding carboxylic acids is 1. The number of benzene rings is 1. The molecule has 0 saturated heterocycles. The number of aromatic nitrogens is 1. The van der Waals surface area contributed by atoms with E-state index in [1.54, 1.807) is 31.4 Å². The Kier molecular flexibility index (Phi) is 3.90. The molecule has 0 fully saturated rings. The maximum atomic E-state index is 12.0. The lowest BCUT2D eigenvalue weighted by atomic mass is 10.1. The fraction of sp³-hybridized carbons (Fsp3) is 0.0769. The minimum atomic E-state index is -0.508. The van der Waals surface area contributed by atoms with Crippen LogP contribution in [0.4, 0.5) is 17.2 Å².